The monoisotopic (exact) mass is 256 g/mol. The van der Waals surface area contributed by atoms with Crippen LogP contribution >= 0.6 is 15.9 Å². The zero-order chi connectivity index (χ0) is 10.1. The summed E-state index contributed by atoms with van der Waals surface area (Å²) in [5.41, 5.74) is 1.26. The van der Waals surface area contributed by atoms with E-state index in [1.165, 1.54) is 6.07 Å². The lowest BCUT2D eigenvalue weighted by molar-refractivity contribution is 0.533. The molecule has 0 radical (unpaired) electrons. The Morgan fingerprint density at radius 1 is 1.36 bits per heavy atom. The van der Waals surface area contributed by atoms with Gasteiger partial charge in [0.15, 0.2) is 0 Å². The Bertz CT molecular complexity index is 470. The quantitative estimate of drug-likeness (QED) is 0.788. The second kappa shape index (κ2) is 3.49. The van der Waals surface area contributed by atoms with E-state index < -0.39 is 0 Å². The molecule has 0 saturated carbocycles. The maximum atomic E-state index is 13.3. The molecular formula is C9H6BrFN2O. The Morgan fingerprint density at radius 3 is 2.79 bits per heavy atom. The summed E-state index contributed by atoms with van der Waals surface area (Å²) in [6.45, 7) is 1.87. The lowest BCUT2D eigenvalue weighted by atomic mass is 10.1. The fourth-order valence-electron chi connectivity index (χ4n) is 1.12. The van der Waals surface area contributed by atoms with Crippen LogP contribution in [0.1, 0.15) is 5.56 Å². The molecule has 14 heavy (non-hydrogen) atoms. The average Bonchev–Trinajstić information content (AvgIpc) is 2.56. The average molecular weight is 257 g/mol. The van der Waals surface area contributed by atoms with Crippen molar-refractivity contribution in [2.24, 2.45) is 0 Å². The number of hydrogen-bond acceptors (Lipinski definition) is 3. The van der Waals surface area contributed by atoms with Crippen LogP contribution in [0.3, 0.4) is 0 Å². The normalized spacial score (nSPS) is 10.5. The molecular weight excluding hydrogens is 251 g/mol. The van der Waals surface area contributed by atoms with Crippen LogP contribution in [0.15, 0.2) is 27.4 Å². The maximum Gasteiger partial charge on any atom is 0.285 e. The molecule has 3 nitrogen and oxygen atoms in total. The van der Waals surface area contributed by atoms with Crippen molar-refractivity contribution in [1.82, 2.24) is 10.2 Å². The van der Waals surface area contributed by atoms with Gasteiger partial charge in [0.05, 0.1) is 5.56 Å². The lowest BCUT2D eigenvalue weighted by Gasteiger charge is -1.98. The van der Waals surface area contributed by atoms with E-state index in [1.807, 2.05) is 6.92 Å². The van der Waals surface area contributed by atoms with E-state index in [2.05, 4.69) is 26.1 Å². The predicted octanol–water partition coefficient (Wildman–Crippen LogP) is 2.95. The van der Waals surface area contributed by atoms with Gasteiger partial charge in [0.1, 0.15) is 5.82 Å². The first kappa shape index (κ1) is 9.33. The molecule has 0 amide bonds. The fraction of sp³-hybridized carbons (Fsp3) is 0.111. The van der Waals surface area contributed by atoms with Crippen molar-refractivity contribution in [3.8, 4) is 11.5 Å². The Morgan fingerprint density at radius 2 is 2.14 bits per heavy atom. The second-order valence-corrected chi connectivity index (χ2v) is 3.52. The fourth-order valence-corrected chi connectivity index (χ4v) is 1.35. The molecule has 5 heteroatoms. The van der Waals surface area contributed by atoms with Crippen molar-refractivity contribution < 1.29 is 8.81 Å². The Labute approximate surface area is 88.1 Å². The van der Waals surface area contributed by atoms with Gasteiger partial charge in [-0.1, -0.05) is 11.6 Å². The molecule has 0 N–H and O–H groups in total. The molecule has 0 spiro atoms. The third kappa shape index (κ3) is 1.68. The van der Waals surface area contributed by atoms with Crippen molar-refractivity contribution in [2.75, 3.05) is 0 Å². The van der Waals surface area contributed by atoms with Gasteiger partial charge in [-0.3, -0.25) is 0 Å². The second-order valence-electron chi connectivity index (χ2n) is 2.84. The SMILES string of the molecule is Cc1ccc(F)c(-c2nnc(Br)o2)c1. The van der Waals surface area contributed by atoms with E-state index in [0.29, 0.717) is 5.56 Å². The van der Waals surface area contributed by atoms with Crippen molar-refractivity contribution >= 4 is 15.9 Å². The molecule has 2 aromatic rings. The summed E-state index contributed by atoms with van der Waals surface area (Å²) in [7, 11) is 0. The molecule has 0 atom stereocenters. The van der Waals surface area contributed by atoms with Crippen LogP contribution in [-0.2, 0) is 0 Å². The molecule has 72 valence electrons. The molecule has 0 fully saturated rings. The van der Waals surface area contributed by atoms with E-state index in [9.17, 15) is 4.39 Å². The highest BCUT2D eigenvalue weighted by Gasteiger charge is 2.11. The Hall–Kier alpha value is -1.23. The van der Waals surface area contributed by atoms with E-state index in [-0.39, 0.29) is 16.5 Å². The molecule has 0 aliphatic heterocycles. The summed E-state index contributed by atoms with van der Waals surface area (Å²) in [5.74, 6) is -0.190. The summed E-state index contributed by atoms with van der Waals surface area (Å²) < 4.78 is 18.4. The van der Waals surface area contributed by atoms with Crippen molar-refractivity contribution in [1.29, 1.82) is 0 Å². The highest BCUT2D eigenvalue weighted by molar-refractivity contribution is 9.10. The summed E-state index contributed by atoms with van der Waals surface area (Å²) in [6, 6.07) is 4.72. The molecule has 0 unspecified atom stereocenters. The summed E-state index contributed by atoms with van der Waals surface area (Å²) >= 11 is 3.01. The minimum absolute atomic E-state index is 0.179. The van der Waals surface area contributed by atoms with E-state index >= 15 is 0 Å². The third-order valence-corrected chi connectivity index (χ3v) is 2.07. The van der Waals surface area contributed by atoms with Gasteiger partial charge in [0, 0.05) is 15.9 Å². The summed E-state index contributed by atoms with van der Waals surface area (Å²) in [4.78, 5) is 0.244. The predicted molar refractivity (Wildman–Crippen MR) is 52.1 cm³/mol. The van der Waals surface area contributed by atoms with Crippen LogP contribution in [0.5, 0.6) is 0 Å². The highest BCUT2D eigenvalue weighted by atomic mass is 79.9. The topological polar surface area (TPSA) is 38.9 Å². The zero-order valence-electron chi connectivity index (χ0n) is 7.29. The van der Waals surface area contributed by atoms with Gasteiger partial charge < -0.3 is 4.42 Å². The van der Waals surface area contributed by atoms with Gasteiger partial charge in [-0.15, -0.1) is 10.2 Å². The first-order chi connectivity index (χ1) is 6.66. The van der Waals surface area contributed by atoms with Crippen LogP contribution < -0.4 is 0 Å². The number of aromatic nitrogens is 2. The molecule has 0 aliphatic carbocycles. The van der Waals surface area contributed by atoms with Crippen LogP contribution in [0.4, 0.5) is 4.39 Å². The minimum Gasteiger partial charge on any atom is -0.411 e. The molecule has 1 aromatic carbocycles. The van der Waals surface area contributed by atoms with Crippen molar-refractivity contribution in [3.05, 3.63) is 34.4 Å². The number of rotatable bonds is 1. The number of nitrogens with zero attached hydrogens (tertiary/aromatic N) is 2. The zero-order valence-corrected chi connectivity index (χ0v) is 8.88. The molecule has 0 bridgehead atoms. The number of hydrogen-bond donors (Lipinski definition) is 0. The highest BCUT2D eigenvalue weighted by Crippen LogP contribution is 2.23. The van der Waals surface area contributed by atoms with E-state index in [4.69, 9.17) is 4.42 Å². The largest absolute Gasteiger partial charge is 0.411 e. The first-order valence-corrected chi connectivity index (χ1v) is 4.71. The Balaban J connectivity index is 2.55. The minimum atomic E-state index is -0.369. The first-order valence-electron chi connectivity index (χ1n) is 3.92. The smallest absolute Gasteiger partial charge is 0.285 e. The molecule has 1 heterocycles. The lowest BCUT2D eigenvalue weighted by Crippen LogP contribution is -1.85. The molecule has 2 rings (SSSR count). The van der Waals surface area contributed by atoms with Crippen LogP contribution in [-0.4, -0.2) is 10.2 Å². The third-order valence-electron chi connectivity index (χ3n) is 1.75. The Kier molecular flexibility index (Phi) is 2.33. The maximum absolute atomic E-state index is 13.3. The molecule has 0 aliphatic rings. The summed E-state index contributed by atoms with van der Waals surface area (Å²) in [5, 5.41) is 7.28. The van der Waals surface area contributed by atoms with E-state index in [1.54, 1.807) is 12.1 Å². The van der Waals surface area contributed by atoms with E-state index in [0.717, 1.165) is 5.56 Å². The molecule has 1 aromatic heterocycles. The molecule has 0 saturated heterocycles. The number of benzene rings is 1. The number of aryl methyl sites for hydroxylation is 1. The van der Waals surface area contributed by atoms with Crippen LogP contribution in [0.25, 0.3) is 11.5 Å². The van der Waals surface area contributed by atoms with Gasteiger partial charge in [-0.25, -0.2) is 4.39 Å². The van der Waals surface area contributed by atoms with Crippen LogP contribution in [0.2, 0.25) is 0 Å². The van der Waals surface area contributed by atoms with Crippen molar-refractivity contribution in [3.63, 3.8) is 0 Å². The summed E-state index contributed by atoms with van der Waals surface area (Å²) in [6.07, 6.45) is 0. The van der Waals surface area contributed by atoms with Gasteiger partial charge >= 0.3 is 0 Å². The van der Waals surface area contributed by atoms with Gasteiger partial charge in [-0.05, 0) is 19.1 Å². The number of halogens is 2. The van der Waals surface area contributed by atoms with Crippen LogP contribution in [0, 0.1) is 12.7 Å². The standard InChI is InChI=1S/C9H6BrFN2O/c1-5-2-3-7(11)6(4-5)8-12-13-9(10)14-8/h2-4H,1H3. The van der Waals surface area contributed by atoms with Crippen molar-refractivity contribution in [2.45, 2.75) is 6.92 Å². The van der Waals surface area contributed by atoms with Gasteiger partial charge in [0.2, 0.25) is 0 Å². The van der Waals surface area contributed by atoms with Gasteiger partial charge in [-0.2, -0.15) is 0 Å². The van der Waals surface area contributed by atoms with Gasteiger partial charge in [0.25, 0.3) is 10.7 Å².